The van der Waals surface area contributed by atoms with Crippen molar-refractivity contribution in [1.82, 2.24) is 14.7 Å². The number of non-ortho nitro benzene ring substituents is 1. The second-order valence-electron chi connectivity index (χ2n) is 6.66. The number of rotatable bonds is 4. The maximum absolute atomic E-state index is 12.9. The number of fused-ring (bicyclic) bond motifs is 1. The monoisotopic (exact) mass is 394 g/mol. The van der Waals surface area contributed by atoms with E-state index in [1.807, 2.05) is 0 Å². The summed E-state index contributed by atoms with van der Waals surface area (Å²) in [5, 5.41) is 16.5. The number of nitrogens with zero attached hydrogens (tertiary/aromatic N) is 4. The number of ether oxygens (including phenoxy) is 1. The Kier molecular flexibility index (Phi) is 5.05. The Balaban J connectivity index is 1.81. The lowest BCUT2D eigenvalue weighted by Crippen LogP contribution is -2.43. The molecule has 1 aliphatic heterocycles. The fourth-order valence-corrected chi connectivity index (χ4v) is 3.36. The standard InChI is InChI=1S/C20H18N4O5/c25-18(22-8-10-29-11-9-22)13-23-20(26)17-7-2-1-6-16(17)19(21-23)14-4-3-5-15(12-14)24(27)28/h1-7,12H,8-11,13H2. The van der Waals surface area contributed by atoms with Gasteiger partial charge in [-0.2, -0.15) is 5.10 Å². The van der Waals surface area contributed by atoms with Gasteiger partial charge >= 0.3 is 0 Å². The molecule has 2 heterocycles. The molecule has 1 aromatic heterocycles. The third kappa shape index (κ3) is 3.72. The lowest BCUT2D eigenvalue weighted by molar-refractivity contribution is -0.384. The van der Waals surface area contributed by atoms with Crippen molar-refractivity contribution in [3.63, 3.8) is 0 Å². The summed E-state index contributed by atoms with van der Waals surface area (Å²) in [4.78, 5) is 37.8. The van der Waals surface area contributed by atoms with E-state index in [0.717, 1.165) is 4.68 Å². The molecule has 9 heteroatoms. The van der Waals surface area contributed by atoms with Crippen LogP contribution in [0.25, 0.3) is 22.0 Å². The van der Waals surface area contributed by atoms with Gasteiger partial charge in [-0.1, -0.05) is 30.3 Å². The quantitative estimate of drug-likeness (QED) is 0.493. The van der Waals surface area contributed by atoms with Crippen LogP contribution in [-0.2, 0) is 16.1 Å². The Morgan fingerprint density at radius 2 is 1.83 bits per heavy atom. The van der Waals surface area contributed by atoms with Gasteiger partial charge in [-0.3, -0.25) is 19.7 Å². The molecule has 1 fully saturated rings. The van der Waals surface area contributed by atoms with Crippen LogP contribution in [0.2, 0.25) is 0 Å². The lowest BCUT2D eigenvalue weighted by atomic mass is 10.0. The highest BCUT2D eigenvalue weighted by Gasteiger charge is 2.20. The van der Waals surface area contributed by atoms with Crippen molar-refractivity contribution in [2.24, 2.45) is 0 Å². The maximum atomic E-state index is 12.9. The predicted molar refractivity (Wildman–Crippen MR) is 105 cm³/mol. The van der Waals surface area contributed by atoms with E-state index in [1.165, 1.54) is 12.1 Å². The van der Waals surface area contributed by atoms with Crippen molar-refractivity contribution in [1.29, 1.82) is 0 Å². The average molecular weight is 394 g/mol. The Bertz CT molecular complexity index is 1150. The summed E-state index contributed by atoms with van der Waals surface area (Å²) in [5.74, 6) is -0.219. The van der Waals surface area contributed by atoms with Gasteiger partial charge in [0, 0.05) is 36.2 Å². The molecule has 148 valence electrons. The van der Waals surface area contributed by atoms with E-state index >= 15 is 0 Å². The fraction of sp³-hybridized carbons (Fsp3) is 0.250. The molecule has 29 heavy (non-hydrogen) atoms. The third-order valence-electron chi connectivity index (χ3n) is 4.85. The number of amides is 1. The van der Waals surface area contributed by atoms with Crippen molar-refractivity contribution < 1.29 is 14.5 Å². The maximum Gasteiger partial charge on any atom is 0.275 e. The van der Waals surface area contributed by atoms with Crippen LogP contribution in [0.5, 0.6) is 0 Å². The first-order valence-electron chi connectivity index (χ1n) is 9.15. The summed E-state index contributed by atoms with van der Waals surface area (Å²) >= 11 is 0. The van der Waals surface area contributed by atoms with Crippen molar-refractivity contribution in [3.8, 4) is 11.3 Å². The van der Waals surface area contributed by atoms with Gasteiger partial charge in [0.25, 0.3) is 11.2 Å². The van der Waals surface area contributed by atoms with Gasteiger partial charge in [0.15, 0.2) is 0 Å². The summed E-state index contributed by atoms with van der Waals surface area (Å²) in [7, 11) is 0. The first kappa shape index (κ1) is 18.8. The fourth-order valence-electron chi connectivity index (χ4n) is 3.36. The highest BCUT2D eigenvalue weighted by atomic mass is 16.6. The smallest absolute Gasteiger partial charge is 0.275 e. The van der Waals surface area contributed by atoms with Crippen molar-refractivity contribution >= 4 is 22.4 Å². The first-order chi connectivity index (χ1) is 14.0. The van der Waals surface area contributed by atoms with Crippen LogP contribution in [0, 0.1) is 10.1 Å². The van der Waals surface area contributed by atoms with Gasteiger partial charge in [-0.05, 0) is 6.07 Å². The van der Waals surface area contributed by atoms with Crippen LogP contribution in [-0.4, -0.2) is 51.8 Å². The number of carbonyl (C=O) groups is 1. The Morgan fingerprint density at radius 1 is 1.10 bits per heavy atom. The van der Waals surface area contributed by atoms with E-state index in [2.05, 4.69) is 5.10 Å². The summed E-state index contributed by atoms with van der Waals surface area (Å²) in [6.07, 6.45) is 0. The van der Waals surface area contributed by atoms with E-state index in [9.17, 15) is 19.7 Å². The molecule has 0 radical (unpaired) electrons. The van der Waals surface area contributed by atoms with Crippen LogP contribution in [0.4, 0.5) is 5.69 Å². The molecule has 3 aromatic rings. The number of carbonyl (C=O) groups excluding carboxylic acids is 1. The zero-order valence-electron chi connectivity index (χ0n) is 15.5. The molecule has 0 atom stereocenters. The number of hydrogen-bond acceptors (Lipinski definition) is 6. The highest BCUT2D eigenvalue weighted by Crippen LogP contribution is 2.27. The van der Waals surface area contributed by atoms with E-state index in [1.54, 1.807) is 41.3 Å². The highest BCUT2D eigenvalue weighted by molar-refractivity contribution is 5.94. The molecule has 4 rings (SSSR count). The van der Waals surface area contributed by atoms with Gasteiger partial charge < -0.3 is 9.64 Å². The summed E-state index contributed by atoms with van der Waals surface area (Å²) in [5.41, 5.74) is 0.466. The Hall–Kier alpha value is -3.59. The third-order valence-corrected chi connectivity index (χ3v) is 4.85. The van der Waals surface area contributed by atoms with Gasteiger partial charge in [0.1, 0.15) is 6.54 Å². The van der Waals surface area contributed by atoms with Gasteiger partial charge in [-0.15, -0.1) is 0 Å². The minimum Gasteiger partial charge on any atom is -0.378 e. The largest absolute Gasteiger partial charge is 0.378 e. The van der Waals surface area contributed by atoms with Crippen molar-refractivity contribution in [2.75, 3.05) is 26.3 Å². The second-order valence-corrected chi connectivity index (χ2v) is 6.66. The molecule has 0 aliphatic carbocycles. The minimum absolute atomic E-state index is 0.0736. The summed E-state index contributed by atoms with van der Waals surface area (Å²) in [6.45, 7) is 1.67. The zero-order chi connectivity index (χ0) is 20.4. The van der Waals surface area contributed by atoms with Gasteiger partial charge in [0.05, 0.1) is 29.2 Å². The summed E-state index contributed by atoms with van der Waals surface area (Å²) in [6, 6.07) is 13.0. The topological polar surface area (TPSA) is 108 Å². The van der Waals surface area contributed by atoms with Gasteiger partial charge in [-0.25, -0.2) is 4.68 Å². The molecule has 0 bridgehead atoms. The first-order valence-corrected chi connectivity index (χ1v) is 9.15. The number of aromatic nitrogens is 2. The van der Waals surface area contributed by atoms with Crippen molar-refractivity contribution in [3.05, 3.63) is 69.0 Å². The van der Waals surface area contributed by atoms with E-state index in [0.29, 0.717) is 48.3 Å². The molecular formula is C20H18N4O5. The van der Waals surface area contributed by atoms with Crippen LogP contribution in [0.15, 0.2) is 53.3 Å². The molecule has 1 amide bonds. The molecule has 9 nitrogen and oxygen atoms in total. The normalized spacial score (nSPS) is 14.1. The minimum atomic E-state index is -0.482. The molecule has 2 aromatic carbocycles. The molecule has 1 saturated heterocycles. The van der Waals surface area contributed by atoms with Crippen LogP contribution >= 0.6 is 0 Å². The van der Waals surface area contributed by atoms with E-state index in [4.69, 9.17) is 4.74 Å². The van der Waals surface area contributed by atoms with Crippen LogP contribution in [0.1, 0.15) is 0 Å². The van der Waals surface area contributed by atoms with E-state index < -0.39 is 4.92 Å². The number of nitro benzene ring substituents is 1. The second kappa shape index (κ2) is 7.80. The average Bonchev–Trinajstić information content (AvgIpc) is 2.76. The Labute approximate surface area is 165 Å². The number of benzene rings is 2. The number of morpholine rings is 1. The molecule has 0 spiro atoms. The summed E-state index contributed by atoms with van der Waals surface area (Å²) < 4.78 is 6.39. The Morgan fingerprint density at radius 3 is 2.55 bits per heavy atom. The number of nitro groups is 1. The van der Waals surface area contributed by atoms with Crippen LogP contribution < -0.4 is 5.56 Å². The van der Waals surface area contributed by atoms with Gasteiger partial charge in [0.2, 0.25) is 5.91 Å². The lowest BCUT2D eigenvalue weighted by Gasteiger charge is -2.27. The van der Waals surface area contributed by atoms with Crippen LogP contribution in [0.3, 0.4) is 0 Å². The molecule has 0 unspecified atom stereocenters. The molecule has 1 aliphatic rings. The van der Waals surface area contributed by atoms with Crippen molar-refractivity contribution in [2.45, 2.75) is 6.54 Å². The molecular weight excluding hydrogens is 376 g/mol. The zero-order valence-corrected chi connectivity index (χ0v) is 15.5. The molecule has 0 saturated carbocycles. The number of hydrogen-bond donors (Lipinski definition) is 0. The molecule has 0 N–H and O–H groups in total. The predicted octanol–water partition coefficient (Wildman–Crippen LogP) is 1.83. The SMILES string of the molecule is O=C(Cn1nc(-c2cccc([N+](=O)[O-])c2)c2ccccc2c1=O)N1CCOCC1. The van der Waals surface area contributed by atoms with E-state index in [-0.39, 0.29) is 23.7 Å².